The van der Waals surface area contributed by atoms with Gasteiger partial charge < -0.3 is 14.8 Å². The van der Waals surface area contributed by atoms with Crippen LogP contribution < -0.4 is 10.6 Å². The zero-order valence-corrected chi connectivity index (χ0v) is 16.8. The Morgan fingerprint density at radius 3 is 2.34 bits per heavy atom. The SMILES string of the molecule is CCOC(=O)Cc1csc(NC(=O)COC(=O)Cc2ccc(NC(C)=O)cc2)n1. The van der Waals surface area contributed by atoms with Gasteiger partial charge in [-0.1, -0.05) is 12.1 Å². The lowest BCUT2D eigenvalue weighted by atomic mass is 10.1. The summed E-state index contributed by atoms with van der Waals surface area (Å²) in [5.41, 5.74) is 1.80. The van der Waals surface area contributed by atoms with Crippen molar-refractivity contribution < 1.29 is 28.7 Å². The zero-order valence-electron chi connectivity index (χ0n) is 16.0. The third-order valence-corrected chi connectivity index (χ3v) is 4.22. The fourth-order valence-electron chi connectivity index (χ4n) is 2.23. The van der Waals surface area contributed by atoms with Crippen molar-refractivity contribution in [1.82, 2.24) is 4.98 Å². The maximum absolute atomic E-state index is 11.9. The summed E-state index contributed by atoms with van der Waals surface area (Å²) in [5, 5.41) is 7.09. The standard InChI is InChI=1S/C19H21N3O6S/c1-3-27-18(26)9-15-11-29-19(21-15)22-16(24)10-28-17(25)8-13-4-6-14(7-5-13)20-12(2)23/h4-7,11H,3,8-10H2,1-2H3,(H,20,23)(H,21,22,24). The first-order valence-corrected chi connectivity index (χ1v) is 9.65. The number of benzene rings is 1. The molecular weight excluding hydrogens is 398 g/mol. The Hall–Kier alpha value is -3.27. The number of esters is 2. The fourth-order valence-corrected chi connectivity index (χ4v) is 2.96. The molecule has 0 bridgehead atoms. The molecule has 1 aromatic heterocycles. The molecule has 154 valence electrons. The molecule has 1 aromatic carbocycles. The van der Waals surface area contributed by atoms with Crippen molar-refractivity contribution in [1.29, 1.82) is 0 Å². The number of carbonyl (C=O) groups is 4. The van der Waals surface area contributed by atoms with E-state index in [0.29, 0.717) is 22.1 Å². The van der Waals surface area contributed by atoms with E-state index in [0.717, 1.165) is 11.3 Å². The molecular formula is C19H21N3O6S. The van der Waals surface area contributed by atoms with Crippen molar-refractivity contribution in [2.45, 2.75) is 26.7 Å². The number of nitrogens with one attached hydrogen (secondary N) is 2. The summed E-state index contributed by atoms with van der Waals surface area (Å²) in [5.74, 6) is -1.67. The van der Waals surface area contributed by atoms with Gasteiger partial charge in [-0.25, -0.2) is 4.98 Å². The minimum atomic E-state index is -0.561. The van der Waals surface area contributed by atoms with Gasteiger partial charge in [0, 0.05) is 18.0 Å². The highest BCUT2D eigenvalue weighted by Gasteiger charge is 2.12. The monoisotopic (exact) mass is 419 g/mol. The average molecular weight is 419 g/mol. The van der Waals surface area contributed by atoms with Crippen LogP contribution in [-0.2, 0) is 41.5 Å². The van der Waals surface area contributed by atoms with Crippen LogP contribution in [0.4, 0.5) is 10.8 Å². The number of thiazole rings is 1. The van der Waals surface area contributed by atoms with Crippen LogP contribution >= 0.6 is 11.3 Å². The molecule has 0 spiro atoms. The number of hydrogen-bond donors (Lipinski definition) is 2. The quantitative estimate of drug-likeness (QED) is 0.595. The van der Waals surface area contributed by atoms with Gasteiger partial charge >= 0.3 is 11.9 Å². The molecule has 0 aliphatic rings. The van der Waals surface area contributed by atoms with Gasteiger partial charge in [0.05, 0.1) is 25.1 Å². The molecule has 0 saturated heterocycles. The van der Waals surface area contributed by atoms with Crippen LogP contribution in [0.25, 0.3) is 0 Å². The maximum atomic E-state index is 11.9. The lowest BCUT2D eigenvalue weighted by molar-refractivity contribution is -0.146. The second-order valence-electron chi connectivity index (χ2n) is 5.89. The third-order valence-electron chi connectivity index (χ3n) is 3.42. The van der Waals surface area contributed by atoms with E-state index in [1.165, 1.54) is 6.92 Å². The van der Waals surface area contributed by atoms with Gasteiger partial charge in [-0.05, 0) is 24.6 Å². The van der Waals surface area contributed by atoms with Crippen LogP contribution in [0.1, 0.15) is 25.1 Å². The Kier molecular flexibility index (Phi) is 8.28. The number of anilines is 2. The van der Waals surface area contributed by atoms with Crippen molar-refractivity contribution >= 4 is 45.9 Å². The molecule has 0 aliphatic carbocycles. The summed E-state index contributed by atoms with van der Waals surface area (Å²) >= 11 is 1.16. The topological polar surface area (TPSA) is 124 Å². The molecule has 2 N–H and O–H groups in total. The number of hydrogen-bond acceptors (Lipinski definition) is 8. The van der Waals surface area contributed by atoms with Crippen molar-refractivity contribution in [3.8, 4) is 0 Å². The third kappa shape index (κ3) is 8.09. The Labute approximate surface area is 171 Å². The van der Waals surface area contributed by atoms with Gasteiger partial charge in [-0.3, -0.25) is 24.5 Å². The van der Waals surface area contributed by atoms with E-state index in [-0.39, 0.29) is 25.4 Å². The number of nitrogens with zero attached hydrogens (tertiary/aromatic N) is 1. The molecule has 0 unspecified atom stereocenters. The highest BCUT2D eigenvalue weighted by Crippen LogP contribution is 2.16. The first-order chi connectivity index (χ1) is 13.9. The van der Waals surface area contributed by atoms with Gasteiger partial charge in [0.2, 0.25) is 5.91 Å². The van der Waals surface area contributed by atoms with Crippen LogP contribution in [0.3, 0.4) is 0 Å². The van der Waals surface area contributed by atoms with E-state index in [9.17, 15) is 19.2 Å². The van der Waals surface area contributed by atoms with Crippen LogP contribution in [0, 0.1) is 0 Å². The molecule has 29 heavy (non-hydrogen) atoms. The highest BCUT2D eigenvalue weighted by atomic mass is 32.1. The molecule has 0 radical (unpaired) electrons. The minimum absolute atomic E-state index is 0.00539. The molecule has 2 aromatic rings. The lowest BCUT2D eigenvalue weighted by Crippen LogP contribution is -2.21. The van der Waals surface area contributed by atoms with Gasteiger partial charge in [0.25, 0.3) is 5.91 Å². The number of carbonyl (C=O) groups excluding carboxylic acids is 4. The smallest absolute Gasteiger partial charge is 0.311 e. The van der Waals surface area contributed by atoms with E-state index in [4.69, 9.17) is 9.47 Å². The highest BCUT2D eigenvalue weighted by molar-refractivity contribution is 7.13. The molecule has 0 saturated carbocycles. The molecule has 2 rings (SSSR count). The van der Waals surface area contributed by atoms with E-state index in [1.807, 2.05) is 0 Å². The predicted molar refractivity (Wildman–Crippen MR) is 106 cm³/mol. The Morgan fingerprint density at radius 2 is 1.69 bits per heavy atom. The predicted octanol–water partition coefficient (Wildman–Crippen LogP) is 1.93. The van der Waals surface area contributed by atoms with E-state index >= 15 is 0 Å². The second kappa shape index (κ2) is 10.9. The Bertz CT molecular complexity index is 878. The molecule has 0 atom stereocenters. The lowest BCUT2D eigenvalue weighted by Gasteiger charge is -2.06. The van der Waals surface area contributed by atoms with Crippen molar-refractivity contribution in [2.75, 3.05) is 23.8 Å². The Morgan fingerprint density at radius 1 is 1.00 bits per heavy atom. The van der Waals surface area contributed by atoms with Crippen LogP contribution in [0.2, 0.25) is 0 Å². The van der Waals surface area contributed by atoms with Gasteiger partial charge in [0.15, 0.2) is 11.7 Å². The van der Waals surface area contributed by atoms with Crippen molar-refractivity contribution in [2.24, 2.45) is 0 Å². The van der Waals surface area contributed by atoms with Gasteiger partial charge in [-0.2, -0.15) is 0 Å². The maximum Gasteiger partial charge on any atom is 0.311 e. The summed E-state index contributed by atoms with van der Waals surface area (Å²) in [4.78, 5) is 50.3. The first kappa shape index (κ1) is 22.0. The van der Waals surface area contributed by atoms with Crippen molar-refractivity contribution in [3.63, 3.8) is 0 Å². The molecule has 9 nitrogen and oxygen atoms in total. The number of ether oxygens (including phenoxy) is 2. The Balaban J connectivity index is 1.74. The fraction of sp³-hybridized carbons (Fsp3) is 0.316. The molecule has 0 aliphatic heterocycles. The molecule has 10 heteroatoms. The average Bonchev–Trinajstić information content (AvgIpc) is 3.08. The summed E-state index contributed by atoms with van der Waals surface area (Å²) in [6.07, 6.45) is 0.0183. The largest absolute Gasteiger partial charge is 0.466 e. The zero-order chi connectivity index (χ0) is 21.2. The van der Waals surface area contributed by atoms with Gasteiger partial charge in [0.1, 0.15) is 0 Å². The van der Waals surface area contributed by atoms with E-state index in [1.54, 1.807) is 36.6 Å². The first-order valence-electron chi connectivity index (χ1n) is 8.77. The summed E-state index contributed by atoms with van der Waals surface area (Å²) < 4.78 is 9.80. The number of aromatic nitrogens is 1. The molecule has 0 fully saturated rings. The molecule has 2 amide bonds. The summed E-state index contributed by atoms with van der Waals surface area (Å²) in [6.45, 7) is 2.96. The number of amides is 2. The normalized spacial score (nSPS) is 10.1. The van der Waals surface area contributed by atoms with Crippen LogP contribution in [0.15, 0.2) is 29.6 Å². The summed E-state index contributed by atoms with van der Waals surface area (Å²) in [7, 11) is 0. The molecule has 1 heterocycles. The second-order valence-corrected chi connectivity index (χ2v) is 6.75. The summed E-state index contributed by atoms with van der Waals surface area (Å²) in [6, 6.07) is 6.72. The van der Waals surface area contributed by atoms with Crippen LogP contribution in [-0.4, -0.2) is 42.0 Å². The van der Waals surface area contributed by atoms with Crippen LogP contribution in [0.5, 0.6) is 0 Å². The van der Waals surface area contributed by atoms with Crippen molar-refractivity contribution in [3.05, 3.63) is 40.9 Å². The number of rotatable bonds is 9. The van der Waals surface area contributed by atoms with Gasteiger partial charge in [-0.15, -0.1) is 11.3 Å². The van der Waals surface area contributed by atoms with E-state index in [2.05, 4.69) is 15.6 Å². The van der Waals surface area contributed by atoms with E-state index < -0.39 is 24.5 Å². The minimum Gasteiger partial charge on any atom is -0.466 e.